The molecule has 0 unspecified atom stereocenters. The first-order valence-corrected chi connectivity index (χ1v) is 6.52. The van der Waals surface area contributed by atoms with E-state index in [-0.39, 0.29) is 18.2 Å². The number of carbonyl (C=O) groups is 2. The summed E-state index contributed by atoms with van der Waals surface area (Å²) in [4.78, 5) is 34.4. The summed E-state index contributed by atoms with van der Waals surface area (Å²) in [6.07, 6.45) is 3.79. The number of nitrogens with zero attached hydrogens (tertiary/aromatic N) is 4. The van der Waals surface area contributed by atoms with Gasteiger partial charge in [0.05, 0.1) is 6.54 Å². The number of ether oxygens (including phenoxy) is 1. The molecule has 0 aliphatic carbocycles. The lowest BCUT2D eigenvalue weighted by Gasteiger charge is -2.21. The normalized spacial score (nSPS) is 22.0. The quantitative estimate of drug-likeness (QED) is 0.826. The van der Waals surface area contributed by atoms with Crippen molar-refractivity contribution in [3.63, 3.8) is 0 Å². The summed E-state index contributed by atoms with van der Waals surface area (Å²) >= 11 is 0. The van der Waals surface area contributed by atoms with Crippen molar-refractivity contribution in [2.45, 2.75) is 12.5 Å². The third-order valence-corrected chi connectivity index (χ3v) is 3.32. The van der Waals surface area contributed by atoms with Crippen LogP contribution in [-0.4, -0.2) is 64.1 Å². The third-order valence-electron chi connectivity index (χ3n) is 3.32. The SMILES string of the molecule is O=C1NCCN1C(=O)N1CC[C@H](Oc2ncccn2)C1. The Kier molecular flexibility index (Phi) is 3.36. The highest BCUT2D eigenvalue weighted by Crippen LogP contribution is 2.16. The lowest BCUT2D eigenvalue weighted by molar-refractivity contribution is 0.158. The van der Waals surface area contributed by atoms with Gasteiger partial charge >= 0.3 is 18.1 Å². The van der Waals surface area contributed by atoms with E-state index in [2.05, 4.69) is 15.3 Å². The number of urea groups is 2. The van der Waals surface area contributed by atoms with E-state index in [1.54, 1.807) is 23.4 Å². The van der Waals surface area contributed by atoms with Crippen LogP contribution in [0.15, 0.2) is 18.5 Å². The van der Waals surface area contributed by atoms with Crippen LogP contribution in [0.3, 0.4) is 0 Å². The molecule has 3 rings (SSSR count). The summed E-state index contributed by atoms with van der Waals surface area (Å²) in [5.41, 5.74) is 0. The molecule has 2 aliphatic heterocycles. The molecule has 1 atom stereocenters. The van der Waals surface area contributed by atoms with E-state index >= 15 is 0 Å². The zero-order valence-corrected chi connectivity index (χ0v) is 10.9. The van der Waals surface area contributed by atoms with Gasteiger partial charge in [-0.25, -0.2) is 24.5 Å². The van der Waals surface area contributed by atoms with E-state index < -0.39 is 0 Å². The molecular weight excluding hydrogens is 262 g/mol. The molecular formula is C12H15N5O3. The lowest BCUT2D eigenvalue weighted by Crippen LogP contribution is -2.44. The smallest absolute Gasteiger partial charge is 0.328 e. The van der Waals surface area contributed by atoms with Crippen LogP contribution in [-0.2, 0) is 0 Å². The van der Waals surface area contributed by atoms with Crippen molar-refractivity contribution < 1.29 is 14.3 Å². The number of amides is 4. The highest BCUT2D eigenvalue weighted by molar-refractivity contribution is 5.95. The lowest BCUT2D eigenvalue weighted by atomic mass is 10.3. The van der Waals surface area contributed by atoms with Crippen LogP contribution in [0.2, 0.25) is 0 Å². The molecule has 0 spiro atoms. The van der Waals surface area contributed by atoms with Crippen molar-refractivity contribution in [2.24, 2.45) is 0 Å². The van der Waals surface area contributed by atoms with Gasteiger partial charge in [-0.1, -0.05) is 0 Å². The monoisotopic (exact) mass is 277 g/mol. The standard InChI is InChI=1S/C12H15N5O3/c18-11-15-5-7-17(11)12(19)16-6-2-9(8-16)20-10-13-3-1-4-14-10/h1,3-4,9H,2,5-8H2,(H,15,18)/t9-/m0/s1. The van der Waals surface area contributed by atoms with Gasteiger partial charge < -0.3 is 15.0 Å². The Labute approximate surface area is 115 Å². The molecule has 4 amide bonds. The van der Waals surface area contributed by atoms with Gasteiger partial charge in [-0.2, -0.15) is 0 Å². The van der Waals surface area contributed by atoms with E-state index in [9.17, 15) is 9.59 Å². The predicted octanol–water partition coefficient (Wildman–Crippen LogP) is 0.0749. The second-order valence-corrected chi connectivity index (χ2v) is 4.67. The Morgan fingerprint density at radius 1 is 1.35 bits per heavy atom. The molecule has 2 aliphatic rings. The summed E-state index contributed by atoms with van der Waals surface area (Å²) in [5.74, 6) is 0. The second-order valence-electron chi connectivity index (χ2n) is 4.67. The number of hydrogen-bond acceptors (Lipinski definition) is 5. The van der Waals surface area contributed by atoms with E-state index in [0.29, 0.717) is 38.6 Å². The largest absolute Gasteiger partial charge is 0.458 e. The van der Waals surface area contributed by atoms with Gasteiger partial charge in [-0.05, 0) is 6.07 Å². The Morgan fingerprint density at radius 3 is 2.85 bits per heavy atom. The van der Waals surface area contributed by atoms with Crippen molar-refractivity contribution in [2.75, 3.05) is 26.2 Å². The summed E-state index contributed by atoms with van der Waals surface area (Å²) in [6, 6.07) is 1.43. The molecule has 3 heterocycles. The van der Waals surface area contributed by atoms with Crippen molar-refractivity contribution in [1.29, 1.82) is 0 Å². The first-order chi connectivity index (χ1) is 9.74. The highest BCUT2D eigenvalue weighted by Gasteiger charge is 2.35. The number of nitrogens with one attached hydrogen (secondary N) is 1. The number of rotatable bonds is 2. The van der Waals surface area contributed by atoms with Crippen LogP contribution >= 0.6 is 0 Å². The Hall–Kier alpha value is -2.38. The number of likely N-dealkylation sites (tertiary alicyclic amines) is 1. The number of imide groups is 1. The Balaban J connectivity index is 1.57. The highest BCUT2D eigenvalue weighted by atomic mass is 16.5. The molecule has 0 aromatic carbocycles. The fourth-order valence-corrected chi connectivity index (χ4v) is 2.32. The molecule has 1 aromatic heterocycles. The number of aromatic nitrogens is 2. The molecule has 1 aromatic rings. The Bertz CT molecular complexity index is 509. The first-order valence-electron chi connectivity index (χ1n) is 6.52. The Morgan fingerprint density at radius 2 is 2.15 bits per heavy atom. The molecule has 2 saturated heterocycles. The van der Waals surface area contributed by atoms with Crippen molar-refractivity contribution in [1.82, 2.24) is 25.1 Å². The van der Waals surface area contributed by atoms with E-state index in [0.717, 1.165) is 0 Å². The van der Waals surface area contributed by atoms with Crippen molar-refractivity contribution in [3.05, 3.63) is 18.5 Å². The van der Waals surface area contributed by atoms with Crippen LogP contribution in [0.5, 0.6) is 6.01 Å². The van der Waals surface area contributed by atoms with Gasteiger partial charge in [0, 0.05) is 38.4 Å². The molecule has 106 valence electrons. The zero-order valence-electron chi connectivity index (χ0n) is 10.9. The minimum atomic E-state index is -0.328. The van der Waals surface area contributed by atoms with E-state index in [1.807, 2.05) is 0 Å². The molecule has 8 heteroatoms. The molecule has 0 radical (unpaired) electrons. The average molecular weight is 277 g/mol. The van der Waals surface area contributed by atoms with E-state index in [1.165, 1.54) is 4.90 Å². The van der Waals surface area contributed by atoms with Crippen LogP contribution in [0, 0.1) is 0 Å². The van der Waals surface area contributed by atoms with Crippen LogP contribution < -0.4 is 10.1 Å². The fourth-order valence-electron chi connectivity index (χ4n) is 2.32. The zero-order chi connectivity index (χ0) is 13.9. The van der Waals surface area contributed by atoms with Gasteiger partial charge in [-0.15, -0.1) is 0 Å². The average Bonchev–Trinajstić information content (AvgIpc) is 3.08. The number of carbonyl (C=O) groups excluding carboxylic acids is 2. The molecule has 8 nitrogen and oxygen atoms in total. The topological polar surface area (TPSA) is 87.7 Å². The summed E-state index contributed by atoms with van der Waals surface area (Å²) in [7, 11) is 0. The van der Waals surface area contributed by atoms with Gasteiger partial charge in [0.1, 0.15) is 6.10 Å². The van der Waals surface area contributed by atoms with Gasteiger partial charge in [0.2, 0.25) is 0 Å². The minimum Gasteiger partial charge on any atom is -0.458 e. The molecule has 20 heavy (non-hydrogen) atoms. The third kappa shape index (κ3) is 2.49. The van der Waals surface area contributed by atoms with Gasteiger partial charge in [0.15, 0.2) is 0 Å². The van der Waals surface area contributed by atoms with Crippen LogP contribution in [0.25, 0.3) is 0 Å². The van der Waals surface area contributed by atoms with Crippen LogP contribution in [0.1, 0.15) is 6.42 Å². The molecule has 2 fully saturated rings. The maximum Gasteiger partial charge on any atom is 0.328 e. The second kappa shape index (κ2) is 5.32. The summed E-state index contributed by atoms with van der Waals surface area (Å²) < 4.78 is 5.61. The summed E-state index contributed by atoms with van der Waals surface area (Å²) in [6.45, 7) is 1.94. The maximum absolute atomic E-state index is 12.2. The van der Waals surface area contributed by atoms with Crippen molar-refractivity contribution >= 4 is 12.1 Å². The van der Waals surface area contributed by atoms with Crippen LogP contribution in [0.4, 0.5) is 9.59 Å². The first kappa shape index (κ1) is 12.6. The molecule has 0 saturated carbocycles. The van der Waals surface area contributed by atoms with Gasteiger partial charge in [-0.3, -0.25) is 0 Å². The number of hydrogen-bond donors (Lipinski definition) is 1. The van der Waals surface area contributed by atoms with E-state index in [4.69, 9.17) is 4.74 Å². The molecule has 0 bridgehead atoms. The predicted molar refractivity (Wildman–Crippen MR) is 68.1 cm³/mol. The van der Waals surface area contributed by atoms with Crippen molar-refractivity contribution in [3.8, 4) is 6.01 Å². The fraction of sp³-hybridized carbons (Fsp3) is 0.500. The maximum atomic E-state index is 12.2. The van der Waals surface area contributed by atoms with Gasteiger partial charge in [0.25, 0.3) is 0 Å². The minimum absolute atomic E-state index is 0.132. The summed E-state index contributed by atoms with van der Waals surface area (Å²) in [5, 5.41) is 2.61. The molecule has 1 N–H and O–H groups in total.